The van der Waals surface area contributed by atoms with Crippen molar-refractivity contribution in [2.45, 2.75) is 6.92 Å². The van der Waals surface area contributed by atoms with E-state index in [1.54, 1.807) is 6.07 Å². The van der Waals surface area contributed by atoms with Gasteiger partial charge in [0, 0.05) is 6.92 Å². The van der Waals surface area contributed by atoms with Gasteiger partial charge in [-0.3, -0.25) is 0 Å². The van der Waals surface area contributed by atoms with E-state index in [-0.39, 0.29) is 34.4 Å². The molecule has 0 rings (SSSR count). The Morgan fingerprint density at radius 2 is 1.33 bits per heavy atom. The molecule has 6 heavy (non-hydrogen) atoms. The first-order valence-corrected chi connectivity index (χ1v) is 0.724. The molecule has 0 heterocycles. The second kappa shape index (κ2) is 64.3. The van der Waals surface area contributed by atoms with E-state index in [0.717, 1.165) is 0 Å². The van der Waals surface area contributed by atoms with Crippen LogP contribution in [0.2, 0.25) is 0 Å². The molecule has 0 bridgehead atoms. The van der Waals surface area contributed by atoms with Crippen molar-refractivity contribution < 1.29 is 0 Å². The molecule has 0 fully saturated rings. The molecule has 1 nitrogen and oxygen atoms in total. The summed E-state index contributed by atoms with van der Waals surface area (Å²) in [4.78, 5) is 0. The Morgan fingerprint density at radius 3 is 1.33 bits per heavy atom. The third-order valence-corrected chi connectivity index (χ3v) is 0. The van der Waals surface area contributed by atoms with Gasteiger partial charge in [-0.15, -0.1) is 0 Å². The third kappa shape index (κ3) is 1180. The van der Waals surface area contributed by atoms with Crippen LogP contribution in [0.3, 0.4) is 0 Å². The average molecular weight is 117 g/mol. The van der Waals surface area contributed by atoms with Crippen molar-refractivity contribution in [1.82, 2.24) is 0 Å². The maximum absolute atomic E-state index is 7.32. The topological polar surface area (TPSA) is 23.8 Å². The van der Waals surface area contributed by atoms with Crippen LogP contribution in [0.15, 0.2) is 0 Å². The van der Waals surface area contributed by atoms with E-state index in [9.17, 15) is 0 Å². The van der Waals surface area contributed by atoms with Crippen LogP contribution in [0.4, 0.5) is 0 Å². The second-order valence-electron chi connectivity index (χ2n) is 0.224. The van der Waals surface area contributed by atoms with Gasteiger partial charge in [0.15, 0.2) is 0 Å². The van der Waals surface area contributed by atoms with Gasteiger partial charge in [0.1, 0.15) is 0 Å². The van der Waals surface area contributed by atoms with Crippen LogP contribution < -0.4 is 0 Å². The molecule has 0 radical (unpaired) electrons. The van der Waals surface area contributed by atoms with Crippen molar-refractivity contribution in [1.29, 1.82) is 5.26 Å². The molecule has 0 aromatic carbocycles. The number of hydrogen-bond donors (Lipinski definition) is 0. The van der Waals surface area contributed by atoms with Crippen molar-refractivity contribution in [2.75, 3.05) is 0 Å². The van der Waals surface area contributed by atoms with Crippen LogP contribution in [0, 0.1) is 18.8 Å². The average Bonchev–Trinajstić information content (AvgIpc) is 0.918. The second-order valence-corrected chi connectivity index (χ2v) is 0.224. The molecular weight excluding hydrogens is 114 g/mol. The molecule has 0 aliphatic rings. The van der Waals surface area contributed by atoms with E-state index < -0.39 is 0 Å². The Morgan fingerprint density at radius 1 is 1.33 bits per heavy atom. The van der Waals surface area contributed by atoms with E-state index >= 15 is 0 Å². The third-order valence-electron chi connectivity index (χ3n) is 0. The number of nitriles is 1. The van der Waals surface area contributed by atoms with Gasteiger partial charge < -0.3 is 27.0 Å². The Bertz CT molecular complexity index is 30.3. The van der Waals surface area contributed by atoms with Gasteiger partial charge in [0.2, 0.25) is 0 Å². The minimum absolute atomic E-state index is 0. The first-order chi connectivity index (χ1) is 1.41. The van der Waals surface area contributed by atoms with E-state index in [1.807, 2.05) is 0 Å². The van der Waals surface area contributed by atoms with Gasteiger partial charge in [-0.2, -0.15) is 5.26 Å². The smallest absolute Gasteiger partial charge is 2.00 e. The number of rotatable bonds is 0. The van der Waals surface area contributed by atoms with E-state index in [1.165, 1.54) is 6.92 Å². The Hall–Kier alpha value is 0.190. The summed E-state index contributed by atoms with van der Waals surface area (Å²) >= 11 is 0. The normalized spacial score (nSPS) is 1.33. The van der Waals surface area contributed by atoms with Crippen molar-refractivity contribution in [3.8, 4) is 6.07 Å². The molecule has 0 spiro atoms. The predicted molar refractivity (Wildman–Crippen MR) is 29.3 cm³/mol. The van der Waals surface area contributed by atoms with E-state index in [0.29, 0.717) is 0 Å². The molecule has 0 saturated heterocycles. The van der Waals surface area contributed by atoms with Crippen LogP contribution in [-0.2, 0) is 27.0 Å². The Labute approximate surface area is 53.3 Å². The zero-order chi connectivity index (χ0) is 2.71. The van der Waals surface area contributed by atoms with Gasteiger partial charge in [0.25, 0.3) is 0 Å². The molecular formula is C3H3NS2. The first kappa shape index (κ1) is 34.8. The summed E-state index contributed by atoms with van der Waals surface area (Å²) < 4.78 is 0. The predicted octanol–water partition coefficient (Wildman–Crippen LogP) is 0.606. The SMILES string of the molecule is CC#N.[C+4].[S-2].[S-2]. The standard InChI is InChI=1S/C2H3N.C.2S/c1-2-3;;;/h1H3;;;/q;+4;2*-2. The molecule has 0 aliphatic heterocycles. The van der Waals surface area contributed by atoms with Gasteiger partial charge in [-0.05, 0) is 0 Å². The van der Waals surface area contributed by atoms with Crippen LogP contribution in [-0.4, -0.2) is 0 Å². The number of nitrogens with zero attached hydrogens (tertiary/aromatic N) is 1. The van der Waals surface area contributed by atoms with E-state index in [4.69, 9.17) is 5.26 Å². The van der Waals surface area contributed by atoms with Gasteiger partial charge in [-0.1, -0.05) is 0 Å². The van der Waals surface area contributed by atoms with Crippen LogP contribution in [0.1, 0.15) is 6.92 Å². The molecule has 0 aliphatic carbocycles. The monoisotopic (exact) mass is 117 g/mol. The van der Waals surface area contributed by atoms with Crippen LogP contribution in [0.5, 0.6) is 0 Å². The summed E-state index contributed by atoms with van der Waals surface area (Å²) in [6.07, 6.45) is 0. The summed E-state index contributed by atoms with van der Waals surface area (Å²) in [5, 5.41) is 7.32. The van der Waals surface area contributed by atoms with Gasteiger partial charge in [0.05, 0.1) is 6.07 Å². The summed E-state index contributed by atoms with van der Waals surface area (Å²) in [5.74, 6) is 0. The van der Waals surface area contributed by atoms with Crippen LogP contribution >= 0.6 is 0 Å². The van der Waals surface area contributed by atoms with Gasteiger partial charge in [-0.25, -0.2) is 0 Å². The van der Waals surface area contributed by atoms with E-state index in [2.05, 4.69) is 0 Å². The zero-order valence-electron chi connectivity index (χ0n) is 3.26. The maximum atomic E-state index is 7.32. The molecule has 0 N–H and O–H groups in total. The molecule has 0 unspecified atom stereocenters. The zero-order valence-corrected chi connectivity index (χ0v) is 4.90. The Balaban J connectivity index is -0.00000000667. The fraction of sp³-hybridized carbons (Fsp3) is 0.333. The largest absolute Gasteiger partial charge is 4.00 e. The van der Waals surface area contributed by atoms with Crippen molar-refractivity contribution >= 4 is 27.0 Å². The minimum Gasteiger partial charge on any atom is -2.00 e. The number of hydrogen-bond acceptors (Lipinski definition) is 1. The molecule has 0 amide bonds. The first-order valence-electron chi connectivity index (χ1n) is 0.724. The molecule has 32 valence electrons. The van der Waals surface area contributed by atoms with Gasteiger partial charge >= 0.3 is 7.43 Å². The van der Waals surface area contributed by atoms with Crippen molar-refractivity contribution in [3.05, 3.63) is 7.43 Å². The van der Waals surface area contributed by atoms with Crippen molar-refractivity contribution in [2.24, 2.45) is 0 Å². The maximum Gasteiger partial charge on any atom is 4.00 e. The summed E-state index contributed by atoms with van der Waals surface area (Å²) in [5.41, 5.74) is 0. The quantitative estimate of drug-likeness (QED) is 0.456. The summed E-state index contributed by atoms with van der Waals surface area (Å²) in [6.45, 7) is 1.43. The molecule has 0 aromatic rings. The molecule has 0 aromatic heterocycles. The van der Waals surface area contributed by atoms with Crippen LogP contribution in [0.25, 0.3) is 0 Å². The fourth-order valence-corrected chi connectivity index (χ4v) is 0. The molecule has 0 saturated carbocycles. The molecule has 3 heteroatoms. The molecule has 0 atom stereocenters. The summed E-state index contributed by atoms with van der Waals surface area (Å²) in [7, 11) is 0. The van der Waals surface area contributed by atoms with Crippen molar-refractivity contribution in [3.63, 3.8) is 0 Å². The fourth-order valence-electron chi connectivity index (χ4n) is 0. The minimum atomic E-state index is 0. The summed E-state index contributed by atoms with van der Waals surface area (Å²) in [6, 6.07) is 1.75. The Kier molecular flexibility index (Phi) is 373.